The Morgan fingerprint density at radius 3 is 2.63 bits per heavy atom. The molecule has 19 heavy (non-hydrogen) atoms. The van der Waals surface area contributed by atoms with Crippen LogP contribution in [0.2, 0.25) is 5.02 Å². The van der Waals surface area contributed by atoms with E-state index in [4.69, 9.17) is 11.6 Å². The monoisotopic (exact) mass is 284 g/mol. The summed E-state index contributed by atoms with van der Waals surface area (Å²) in [6.07, 6.45) is -0.686. The van der Waals surface area contributed by atoms with Gasteiger partial charge in [-0.25, -0.2) is 0 Å². The molecular weight excluding hydrogens is 264 g/mol. The maximum atomic E-state index is 11.6. The Hall–Kier alpha value is -1.10. The predicted octanol–water partition coefficient (Wildman–Crippen LogP) is 1.74. The van der Waals surface area contributed by atoms with Gasteiger partial charge >= 0.3 is 0 Å². The molecule has 0 aliphatic rings. The van der Waals surface area contributed by atoms with Crippen molar-refractivity contribution in [3.8, 4) is 0 Å². The van der Waals surface area contributed by atoms with Crippen LogP contribution in [0.3, 0.4) is 0 Å². The van der Waals surface area contributed by atoms with Crippen molar-refractivity contribution in [1.82, 2.24) is 10.6 Å². The minimum Gasteiger partial charge on any atom is -0.387 e. The van der Waals surface area contributed by atoms with Crippen molar-refractivity contribution < 1.29 is 9.90 Å². The summed E-state index contributed by atoms with van der Waals surface area (Å²) in [5, 5.41) is 16.3. The predicted molar refractivity (Wildman–Crippen MR) is 77.1 cm³/mol. The van der Waals surface area contributed by atoms with Crippen molar-refractivity contribution in [3.05, 3.63) is 34.9 Å². The molecule has 0 saturated carbocycles. The van der Waals surface area contributed by atoms with Gasteiger partial charge in [-0.05, 0) is 19.9 Å². The molecule has 0 aliphatic heterocycles. The number of hydrogen-bond donors (Lipinski definition) is 3. The fourth-order valence-electron chi connectivity index (χ4n) is 1.80. The highest BCUT2D eigenvalue weighted by atomic mass is 35.5. The first-order chi connectivity index (χ1) is 8.88. The van der Waals surface area contributed by atoms with Crippen molar-refractivity contribution in [2.45, 2.75) is 20.0 Å². The third kappa shape index (κ3) is 4.49. The van der Waals surface area contributed by atoms with Gasteiger partial charge in [-0.15, -0.1) is 0 Å². The summed E-state index contributed by atoms with van der Waals surface area (Å²) in [4.78, 5) is 11.6. The summed E-state index contributed by atoms with van der Waals surface area (Å²) in [7, 11) is 1.61. The van der Waals surface area contributed by atoms with Crippen molar-refractivity contribution in [2.24, 2.45) is 5.41 Å². The number of carbonyl (C=O) groups excluding carboxylic acids is 1. The number of aliphatic hydroxyl groups is 1. The zero-order valence-electron chi connectivity index (χ0n) is 11.5. The van der Waals surface area contributed by atoms with Gasteiger partial charge in [0, 0.05) is 30.7 Å². The standard InChI is InChI=1S/C14H21ClN2O2/c1-14(2,13(19)16-3)9-17-8-12(18)10-6-4-5-7-11(10)15/h4-7,12,17-18H,8-9H2,1-3H3,(H,16,19). The van der Waals surface area contributed by atoms with Crippen molar-refractivity contribution in [1.29, 1.82) is 0 Å². The first kappa shape index (κ1) is 16.0. The van der Waals surface area contributed by atoms with Crippen LogP contribution < -0.4 is 10.6 Å². The summed E-state index contributed by atoms with van der Waals surface area (Å²) in [6.45, 7) is 4.53. The molecule has 106 valence electrons. The molecule has 4 nitrogen and oxygen atoms in total. The lowest BCUT2D eigenvalue weighted by molar-refractivity contribution is -0.128. The largest absolute Gasteiger partial charge is 0.387 e. The lowest BCUT2D eigenvalue weighted by atomic mass is 9.92. The summed E-state index contributed by atoms with van der Waals surface area (Å²) < 4.78 is 0. The van der Waals surface area contributed by atoms with E-state index in [9.17, 15) is 9.90 Å². The highest BCUT2D eigenvalue weighted by molar-refractivity contribution is 6.31. The van der Waals surface area contributed by atoms with Gasteiger partial charge in [0.2, 0.25) is 5.91 Å². The lowest BCUT2D eigenvalue weighted by Gasteiger charge is -2.24. The number of carbonyl (C=O) groups is 1. The summed E-state index contributed by atoms with van der Waals surface area (Å²) in [5.41, 5.74) is 0.170. The molecule has 1 unspecified atom stereocenters. The van der Waals surface area contributed by atoms with Gasteiger partial charge in [0.25, 0.3) is 0 Å². The summed E-state index contributed by atoms with van der Waals surface area (Å²) in [5.74, 6) is -0.0350. The van der Waals surface area contributed by atoms with Crippen LogP contribution in [0.4, 0.5) is 0 Å². The summed E-state index contributed by atoms with van der Waals surface area (Å²) >= 11 is 6.01. The topological polar surface area (TPSA) is 61.4 Å². The number of benzene rings is 1. The normalized spacial score (nSPS) is 13.1. The quantitative estimate of drug-likeness (QED) is 0.746. The summed E-state index contributed by atoms with van der Waals surface area (Å²) in [6, 6.07) is 7.19. The van der Waals surface area contributed by atoms with Crippen LogP contribution in [0.1, 0.15) is 25.5 Å². The molecule has 0 spiro atoms. The number of halogens is 1. The second-order valence-electron chi connectivity index (χ2n) is 5.13. The van der Waals surface area contributed by atoms with Crippen LogP contribution in [0, 0.1) is 5.41 Å². The van der Waals surface area contributed by atoms with Crippen LogP contribution in [0.25, 0.3) is 0 Å². The average molecular weight is 285 g/mol. The molecule has 1 aromatic carbocycles. The van der Waals surface area contributed by atoms with Gasteiger partial charge < -0.3 is 15.7 Å². The molecule has 3 N–H and O–H groups in total. The van der Waals surface area contributed by atoms with E-state index in [-0.39, 0.29) is 5.91 Å². The molecule has 0 heterocycles. The van der Waals surface area contributed by atoms with E-state index in [1.165, 1.54) is 0 Å². The SMILES string of the molecule is CNC(=O)C(C)(C)CNCC(O)c1ccccc1Cl. The van der Waals surface area contributed by atoms with Gasteiger partial charge in [0.15, 0.2) is 0 Å². The van der Waals surface area contributed by atoms with E-state index in [0.29, 0.717) is 23.7 Å². The van der Waals surface area contributed by atoms with E-state index in [0.717, 1.165) is 0 Å². The molecule has 1 atom stereocenters. The second-order valence-corrected chi connectivity index (χ2v) is 5.54. The van der Waals surface area contributed by atoms with Crippen LogP contribution in [-0.2, 0) is 4.79 Å². The van der Waals surface area contributed by atoms with Gasteiger partial charge in [-0.2, -0.15) is 0 Å². The Morgan fingerprint density at radius 1 is 1.42 bits per heavy atom. The van der Waals surface area contributed by atoms with Gasteiger partial charge in [0.1, 0.15) is 0 Å². The average Bonchev–Trinajstić information content (AvgIpc) is 2.37. The minimum atomic E-state index is -0.686. The minimum absolute atomic E-state index is 0.0350. The zero-order valence-corrected chi connectivity index (χ0v) is 12.3. The van der Waals surface area contributed by atoms with Gasteiger partial charge in [-0.3, -0.25) is 4.79 Å². The van der Waals surface area contributed by atoms with Crippen molar-refractivity contribution >= 4 is 17.5 Å². The van der Waals surface area contributed by atoms with Gasteiger partial charge in [0.05, 0.1) is 11.5 Å². The van der Waals surface area contributed by atoms with Gasteiger partial charge in [-0.1, -0.05) is 29.8 Å². The number of amides is 1. The highest BCUT2D eigenvalue weighted by Gasteiger charge is 2.26. The number of aliphatic hydroxyl groups excluding tert-OH is 1. The zero-order chi connectivity index (χ0) is 14.5. The molecule has 0 bridgehead atoms. The Bertz CT molecular complexity index is 435. The van der Waals surface area contributed by atoms with Crippen molar-refractivity contribution in [3.63, 3.8) is 0 Å². The van der Waals surface area contributed by atoms with Crippen LogP contribution in [0.5, 0.6) is 0 Å². The lowest BCUT2D eigenvalue weighted by Crippen LogP contribution is -2.42. The molecule has 1 rings (SSSR count). The first-order valence-corrected chi connectivity index (χ1v) is 6.61. The maximum absolute atomic E-state index is 11.6. The molecular formula is C14H21ClN2O2. The molecule has 1 aromatic rings. The molecule has 0 radical (unpaired) electrons. The van der Waals surface area contributed by atoms with E-state index in [2.05, 4.69) is 10.6 Å². The molecule has 5 heteroatoms. The maximum Gasteiger partial charge on any atom is 0.226 e. The molecule has 1 amide bonds. The van der Waals surface area contributed by atoms with Crippen LogP contribution >= 0.6 is 11.6 Å². The van der Waals surface area contributed by atoms with E-state index in [1.54, 1.807) is 19.2 Å². The Kier molecular flexibility index (Phi) is 5.79. The van der Waals surface area contributed by atoms with E-state index < -0.39 is 11.5 Å². The first-order valence-electron chi connectivity index (χ1n) is 6.24. The Balaban J connectivity index is 2.50. The third-order valence-electron chi connectivity index (χ3n) is 3.01. The fraction of sp³-hybridized carbons (Fsp3) is 0.500. The molecule has 0 aliphatic carbocycles. The smallest absolute Gasteiger partial charge is 0.226 e. The number of nitrogens with one attached hydrogen (secondary N) is 2. The second kappa shape index (κ2) is 6.89. The Morgan fingerprint density at radius 2 is 2.05 bits per heavy atom. The van der Waals surface area contributed by atoms with Crippen LogP contribution in [-0.4, -0.2) is 31.2 Å². The van der Waals surface area contributed by atoms with Crippen molar-refractivity contribution in [2.75, 3.05) is 20.1 Å². The molecule has 0 aromatic heterocycles. The third-order valence-corrected chi connectivity index (χ3v) is 3.35. The van der Waals surface area contributed by atoms with Crippen LogP contribution in [0.15, 0.2) is 24.3 Å². The van der Waals surface area contributed by atoms with E-state index >= 15 is 0 Å². The highest BCUT2D eigenvalue weighted by Crippen LogP contribution is 2.22. The molecule has 0 saturated heterocycles. The number of hydrogen-bond acceptors (Lipinski definition) is 3. The molecule has 0 fully saturated rings. The van der Waals surface area contributed by atoms with E-state index in [1.807, 2.05) is 26.0 Å². The Labute approximate surface area is 119 Å². The number of rotatable bonds is 6. The fourth-order valence-corrected chi connectivity index (χ4v) is 2.06.